The molecular weight excluding hydrogens is 296 g/mol. The van der Waals surface area contributed by atoms with Gasteiger partial charge in [-0.15, -0.1) is 0 Å². The molecule has 7 nitrogen and oxygen atoms in total. The van der Waals surface area contributed by atoms with Gasteiger partial charge in [0.1, 0.15) is 0 Å². The fourth-order valence-corrected chi connectivity index (χ4v) is 5.53. The van der Waals surface area contributed by atoms with Crippen LogP contribution in [0.1, 0.15) is 38.5 Å². The van der Waals surface area contributed by atoms with Crippen LogP contribution < -0.4 is 0 Å². The highest BCUT2D eigenvalue weighted by Gasteiger charge is 2.44. The van der Waals surface area contributed by atoms with E-state index in [0.29, 0.717) is 25.8 Å². The van der Waals surface area contributed by atoms with Crippen molar-refractivity contribution < 1.29 is 22.7 Å². The van der Waals surface area contributed by atoms with E-state index in [9.17, 15) is 18.0 Å². The van der Waals surface area contributed by atoms with E-state index in [4.69, 9.17) is 4.74 Å². The standard InChI is InChI=1S/C13H20N2O5S/c16-12-9-20-13(17)15(12)10-6-7-14(8-10)21(18,19)11-4-2-1-3-5-11/h10-11H,1-9H2. The Morgan fingerprint density at radius 3 is 2.38 bits per heavy atom. The van der Waals surface area contributed by atoms with E-state index in [1.165, 1.54) is 4.31 Å². The number of carbonyl (C=O) groups excluding carboxylic acids is 2. The Balaban J connectivity index is 1.69. The summed E-state index contributed by atoms with van der Waals surface area (Å²) in [6.45, 7) is 0.352. The third-order valence-electron chi connectivity index (χ3n) is 4.61. The van der Waals surface area contributed by atoms with Gasteiger partial charge >= 0.3 is 6.09 Å². The van der Waals surface area contributed by atoms with Crippen molar-refractivity contribution in [2.75, 3.05) is 19.7 Å². The lowest BCUT2D eigenvalue weighted by molar-refractivity contribution is -0.127. The molecule has 8 heteroatoms. The second-order valence-corrected chi connectivity index (χ2v) is 8.14. The Hall–Kier alpha value is -1.15. The van der Waals surface area contributed by atoms with Gasteiger partial charge in [-0.25, -0.2) is 18.1 Å². The van der Waals surface area contributed by atoms with Crippen LogP contribution >= 0.6 is 0 Å². The largest absolute Gasteiger partial charge is 0.439 e. The Kier molecular flexibility index (Phi) is 3.92. The summed E-state index contributed by atoms with van der Waals surface area (Å²) >= 11 is 0. The Morgan fingerprint density at radius 1 is 1.05 bits per heavy atom. The van der Waals surface area contributed by atoms with Crippen LogP contribution in [0, 0.1) is 0 Å². The lowest BCUT2D eigenvalue weighted by atomic mass is 10.0. The van der Waals surface area contributed by atoms with Crippen LogP contribution in [0.4, 0.5) is 4.79 Å². The minimum absolute atomic E-state index is 0.208. The monoisotopic (exact) mass is 316 g/mol. The molecule has 0 bridgehead atoms. The Labute approximate surface area is 124 Å². The quantitative estimate of drug-likeness (QED) is 0.765. The number of hydrogen-bond acceptors (Lipinski definition) is 5. The summed E-state index contributed by atoms with van der Waals surface area (Å²) in [6.07, 6.45) is 4.29. The van der Waals surface area contributed by atoms with Crippen molar-refractivity contribution in [2.45, 2.75) is 49.8 Å². The summed E-state index contributed by atoms with van der Waals surface area (Å²) in [6, 6.07) is -0.383. The average Bonchev–Trinajstić information content (AvgIpc) is 3.07. The van der Waals surface area contributed by atoms with Crippen molar-refractivity contribution in [3.8, 4) is 0 Å². The maximum Gasteiger partial charge on any atom is 0.417 e. The molecule has 0 N–H and O–H groups in total. The van der Waals surface area contributed by atoms with Crippen molar-refractivity contribution in [2.24, 2.45) is 0 Å². The van der Waals surface area contributed by atoms with Crippen LogP contribution in [0.3, 0.4) is 0 Å². The van der Waals surface area contributed by atoms with Crippen LogP contribution in [0.5, 0.6) is 0 Å². The molecule has 2 amide bonds. The number of hydrogen-bond donors (Lipinski definition) is 0. The molecule has 2 saturated heterocycles. The molecule has 3 fully saturated rings. The van der Waals surface area contributed by atoms with Gasteiger partial charge in [-0.3, -0.25) is 4.79 Å². The van der Waals surface area contributed by atoms with Crippen LogP contribution in [0.25, 0.3) is 0 Å². The molecule has 2 heterocycles. The fourth-order valence-electron chi connectivity index (χ4n) is 3.44. The summed E-state index contributed by atoms with van der Waals surface area (Å²) in [5.74, 6) is -0.373. The van der Waals surface area contributed by atoms with Crippen LogP contribution in [-0.4, -0.2) is 60.6 Å². The van der Waals surface area contributed by atoms with Crippen molar-refractivity contribution in [1.29, 1.82) is 0 Å². The Bertz CT molecular complexity index is 525. The van der Waals surface area contributed by atoms with Gasteiger partial charge < -0.3 is 4.74 Å². The highest BCUT2D eigenvalue weighted by molar-refractivity contribution is 7.89. The first kappa shape index (κ1) is 14.8. The fraction of sp³-hybridized carbons (Fsp3) is 0.846. The predicted octanol–water partition coefficient (Wildman–Crippen LogP) is 0.702. The summed E-state index contributed by atoms with van der Waals surface area (Å²) in [7, 11) is -3.32. The molecule has 0 radical (unpaired) electrons. The number of nitrogens with zero attached hydrogens (tertiary/aromatic N) is 2. The van der Waals surface area contributed by atoms with E-state index >= 15 is 0 Å². The minimum Gasteiger partial charge on any atom is -0.439 e. The van der Waals surface area contributed by atoms with E-state index in [-0.39, 0.29) is 30.4 Å². The topological polar surface area (TPSA) is 84.0 Å². The van der Waals surface area contributed by atoms with E-state index in [1.807, 2.05) is 0 Å². The molecule has 1 saturated carbocycles. The summed E-state index contributed by atoms with van der Waals surface area (Å²) in [5, 5.41) is -0.300. The van der Waals surface area contributed by atoms with Gasteiger partial charge in [0.05, 0.1) is 11.3 Å². The highest BCUT2D eigenvalue weighted by Crippen LogP contribution is 2.29. The summed E-state index contributed by atoms with van der Waals surface area (Å²) in [5.41, 5.74) is 0. The Morgan fingerprint density at radius 2 is 1.76 bits per heavy atom. The zero-order valence-corrected chi connectivity index (χ0v) is 12.7. The predicted molar refractivity (Wildman–Crippen MR) is 74.0 cm³/mol. The second kappa shape index (κ2) is 5.57. The first-order valence-electron chi connectivity index (χ1n) is 7.48. The number of cyclic esters (lactones) is 1. The third kappa shape index (κ3) is 2.66. The number of carbonyl (C=O) groups is 2. The molecule has 0 spiro atoms. The van der Waals surface area contributed by atoms with Crippen LogP contribution in [0.15, 0.2) is 0 Å². The average molecular weight is 316 g/mol. The van der Waals surface area contributed by atoms with Gasteiger partial charge in [-0.05, 0) is 19.3 Å². The van der Waals surface area contributed by atoms with E-state index in [1.54, 1.807) is 0 Å². The van der Waals surface area contributed by atoms with Gasteiger partial charge in [0.15, 0.2) is 6.61 Å². The summed E-state index contributed by atoms with van der Waals surface area (Å²) < 4.78 is 31.4. The van der Waals surface area contributed by atoms with Crippen molar-refractivity contribution in [1.82, 2.24) is 9.21 Å². The lowest BCUT2D eigenvalue weighted by Crippen LogP contribution is -2.43. The van der Waals surface area contributed by atoms with Gasteiger partial charge in [0, 0.05) is 13.1 Å². The molecule has 0 aromatic heterocycles. The molecule has 3 aliphatic rings. The first-order valence-corrected chi connectivity index (χ1v) is 8.98. The summed E-state index contributed by atoms with van der Waals surface area (Å²) in [4.78, 5) is 24.3. The molecule has 118 valence electrons. The second-order valence-electron chi connectivity index (χ2n) is 5.92. The molecule has 0 aromatic rings. The SMILES string of the molecule is O=C1COC(=O)N1C1CCN(S(=O)(=O)C2CCCCC2)C1. The maximum atomic E-state index is 12.6. The van der Waals surface area contributed by atoms with Crippen molar-refractivity contribution in [3.63, 3.8) is 0 Å². The third-order valence-corrected chi connectivity index (χ3v) is 6.97. The number of rotatable bonds is 3. The van der Waals surface area contributed by atoms with Crippen molar-refractivity contribution in [3.05, 3.63) is 0 Å². The molecule has 0 aromatic carbocycles. The minimum atomic E-state index is -3.32. The first-order chi connectivity index (χ1) is 10.00. The smallest absolute Gasteiger partial charge is 0.417 e. The van der Waals surface area contributed by atoms with Gasteiger partial charge in [-0.1, -0.05) is 19.3 Å². The zero-order valence-electron chi connectivity index (χ0n) is 11.9. The molecule has 21 heavy (non-hydrogen) atoms. The number of amides is 2. The molecule has 1 atom stereocenters. The maximum absolute atomic E-state index is 12.6. The lowest BCUT2D eigenvalue weighted by Gasteiger charge is -2.27. The van der Waals surface area contributed by atoms with Gasteiger partial charge in [-0.2, -0.15) is 4.31 Å². The van der Waals surface area contributed by atoms with Gasteiger partial charge in [0.2, 0.25) is 10.0 Å². The number of sulfonamides is 1. The van der Waals surface area contributed by atoms with E-state index in [0.717, 1.165) is 24.2 Å². The molecule has 1 aliphatic carbocycles. The van der Waals surface area contributed by atoms with E-state index in [2.05, 4.69) is 0 Å². The normalized spacial score (nSPS) is 29.1. The molecule has 2 aliphatic heterocycles. The molecular formula is C13H20N2O5S. The molecule has 1 unspecified atom stereocenters. The number of imide groups is 1. The zero-order chi connectivity index (χ0) is 15.0. The van der Waals surface area contributed by atoms with Crippen LogP contribution in [0.2, 0.25) is 0 Å². The van der Waals surface area contributed by atoms with E-state index < -0.39 is 16.1 Å². The molecule has 3 rings (SSSR count). The highest BCUT2D eigenvalue weighted by atomic mass is 32.2. The van der Waals surface area contributed by atoms with Crippen LogP contribution in [-0.2, 0) is 19.6 Å². The van der Waals surface area contributed by atoms with Gasteiger partial charge in [0.25, 0.3) is 5.91 Å². The number of ether oxygens (including phenoxy) is 1. The van der Waals surface area contributed by atoms with Crippen molar-refractivity contribution >= 4 is 22.0 Å².